The molecule has 0 spiro atoms. The van der Waals surface area contributed by atoms with Crippen LogP contribution in [0.1, 0.15) is 27.9 Å². The van der Waals surface area contributed by atoms with E-state index in [1.807, 2.05) is 31.2 Å². The van der Waals surface area contributed by atoms with Crippen LogP contribution < -0.4 is 10.6 Å². The smallest absolute Gasteiger partial charge is 0.225 e. The highest BCUT2D eigenvalue weighted by molar-refractivity contribution is 5.66. The Morgan fingerprint density at radius 2 is 1.52 bits per heavy atom. The van der Waals surface area contributed by atoms with E-state index in [-0.39, 0.29) is 0 Å². The Balaban J connectivity index is 1.80. The molecular formula is C21H24N4. The molecule has 1 heterocycles. The van der Waals surface area contributed by atoms with Crippen molar-refractivity contribution in [2.75, 3.05) is 10.6 Å². The molecule has 0 bridgehead atoms. The summed E-state index contributed by atoms with van der Waals surface area (Å²) in [6.45, 7) is 9.03. The van der Waals surface area contributed by atoms with Crippen molar-refractivity contribution in [3.05, 3.63) is 76.5 Å². The van der Waals surface area contributed by atoms with Gasteiger partial charge in [0.2, 0.25) is 5.95 Å². The molecule has 0 saturated heterocycles. The lowest BCUT2D eigenvalue weighted by Gasteiger charge is -2.14. The maximum absolute atomic E-state index is 4.62. The summed E-state index contributed by atoms with van der Waals surface area (Å²) in [5.74, 6) is 1.44. The third kappa shape index (κ3) is 4.35. The highest BCUT2D eigenvalue weighted by atomic mass is 15.1. The average molecular weight is 332 g/mol. The first kappa shape index (κ1) is 17.0. The zero-order chi connectivity index (χ0) is 17.8. The van der Waals surface area contributed by atoms with Crippen LogP contribution in [0.15, 0.2) is 48.5 Å². The van der Waals surface area contributed by atoms with E-state index in [9.17, 15) is 0 Å². The van der Waals surface area contributed by atoms with Gasteiger partial charge in [-0.15, -0.1) is 0 Å². The number of rotatable bonds is 5. The second-order valence-corrected chi connectivity index (χ2v) is 6.46. The Morgan fingerprint density at radius 3 is 2.20 bits per heavy atom. The molecule has 0 aliphatic carbocycles. The molecule has 25 heavy (non-hydrogen) atoms. The van der Waals surface area contributed by atoms with Crippen LogP contribution >= 0.6 is 0 Å². The molecule has 0 aliphatic heterocycles. The summed E-state index contributed by atoms with van der Waals surface area (Å²) in [4.78, 5) is 9.10. The number of anilines is 3. The first-order valence-electron chi connectivity index (χ1n) is 8.49. The number of hydrogen-bond acceptors (Lipinski definition) is 4. The highest BCUT2D eigenvalue weighted by Crippen LogP contribution is 2.25. The van der Waals surface area contributed by atoms with Gasteiger partial charge in [0.15, 0.2) is 0 Å². The SMILES string of the molecule is Cc1cc(C)c(Nc2cc(C)nc(NCc3ccccc3)n2)c(C)c1. The van der Waals surface area contributed by atoms with Crippen molar-refractivity contribution in [1.29, 1.82) is 0 Å². The molecule has 4 nitrogen and oxygen atoms in total. The molecule has 2 aromatic carbocycles. The number of aromatic nitrogens is 2. The minimum Gasteiger partial charge on any atom is -0.350 e. The molecule has 1 aromatic heterocycles. The van der Waals surface area contributed by atoms with E-state index < -0.39 is 0 Å². The average Bonchev–Trinajstić information content (AvgIpc) is 2.57. The van der Waals surface area contributed by atoms with Crippen LogP contribution in [0.2, 0.25) is 0 Å². The summed E-state index contributed by atoms with van der Waals surface area (Å²) in [5.41, 5.74) is 6.94. The summed E-state index contributed by atoms with van der Waals surface area (Å²) in [5, 5.41) is 6.76. The summed E-state index contributed by atoms with van der Waals surface area (Å²) in [7, 11) is 0. The maximum atomic E-state index is 4.62. The molecule has 3 aromatic rings. The zero-order valence-electron chi connectivity index (χ0n) is 15.2. The van der Waals surface area contributed by atoms with Crippen molar-refractivity contribution in [2.24, 2.45) is 0 Å². The van der Waals surface area contributed by atoms with Crippen LogP contribution in [-0.4, -0.2) is 9.97 Å². The molecule has 4 heteroatoms. The molecule has 0 radical (unpaired) electrons. The van der Waals surface area contributed by atoms with E-state index in [1.54, 1.807) is 0 Å². The fourth-order valence-electron chi connectivity index (χ4n) is 2.99. The third-order valence-electron chi connectivity index (χ3n) is 4.08. The number of aryl methyl sites for hydroxylation is 4. The fourth-order valence-corrected chi connectivity index (χ4v) is 2.99. The number of nitrogens with zero attached hydrogens (tertiary/aromatic N) is 2. The maximum Gasteiger partial charge on any atom is 0.225 e. The second kappa shape index (κ2) is 7.34. The standard InChI is InChI=1S/C21H24N4/c1-14-10-15(2)20(16(3)11-14)24-19-12-17(4)23-21(25-19)22-13-18-8-6-5-7-9-18/h5-12H,13H2,1-4H3,(H2,22,23,24,25). The Morgan fingerprint density at radius 1 is 0.840 bits per heavy atom. The van der Waals surface area contributed by atoms with Gasteiger partial charge in [-0.3, -0.25) is 0 Å². The van der Waals surface area contributed by atoms with E-state index >= 15 is 0 Å². The van der Waals surface area contributed by atoms with Crippen LogP contribution in [0.5, 0.6) is 0 Å². The van der Waals surface area contributed by atoms with Crippen molar-refractivity contribution in [1.82, 2.24) is 9.97 Å². The Bertz CT molecular complexity index is 849. The summed E-state index contributed by atoms with van der Waals surface area (Å²) >= 11 is 0. The summed E-state index contributed by atoms with van der Waals surface area (Å²) in [6.07, 6.45) is 0. The van der Waals surface area contributed by atoms with Gasteiger partial charge in [-0.25, -0.2) is 4.98 Å². The number of nitrogens with one attached hydrogen (secondary N) is 2. The van der Waals surface area contributed by atoms with E-state index in [0.717, 1.165) is 17.2 Å². The predicted molar refractivity (Wildman–Crippen MR) is 104 cm³/mol. The summed E-state index contributed by atoms with van der Waals surface area (Å²) in [6, 6.07) is 16.6. The Labute approximate surface area is 149 Å². The number of hydrogen-bond donors (Lipinski definition) is 2. The molecule has 0 saturated carbocycles. The number of benzene rings is 2. The largest absolute Gasteiger partial charge is 0.350 e. The van der Waals surface area contributed by atoms with E-state index in [4.69, 9.17) is 0 Å². The lowest BCUT2D eigenvalue weighted by molar-refractivity contribution is 1.03. The van der Waals surface area contributed by atoms with Crippen molar-refractivity contribution in [3.8, 4) is 0 Å². The minimum atomic E-state index is 0.633. The molecule has 0 amide bonds. The molecule has 0 fully saturated rings. The fraction of sp³-hybridized carbons (Fsp3) is 0.238. The van der Waals surface area contributed by atoms with Gasteiger partial charge in [0.1, 0.15) is 5.82 Å². The molecular weight excluding hydrogens is 308 g/mol. The van der Waals surface area contributed by atoms with Crippen molar-refractivity contribution in [2.45, 2.75) is 34.2 Å². The van der Waals surface area contributed by atoms with Crippen molar-refractivity contribution in [3.63, 3.8) is 0 Å². The van der Waals surface area contributed by atoms with E-state index in [1.165, 1.54) is 22.3 Å². The molecule has 0 atom stereocenters. The quantitative estimate of drug-likeness (QED) is 0.685. The highest BCUT2D eigenvalue weighted by Gasteiger charge is 2.07. The predicted octanol–water partition coefficient (Wildman–Crippen LogP) is 5.07. The molecule has 3 rings (SSSR count). The zero-order valence-corrected chi connectivity index (χ0v) is 15.2. The minimum absolute atomic E-state index is 0.633. The van der Waals surface area contributed by atoms with Gasteiger partial charge >= 0.3 is 0 Å². The van der Waals surface area contributed by atoms with Gasteiger partial charge < -0.3 is 10.6 Å². The van der Waals surface area contributed by atoms with Crippen molar-refractivity contribution >= 4 is 17.5 Å². The monoisotopic (exact) mass is 332 g/mol. The topological polar surface area (TPSA) is 49.8 Å². The first-order valence-corrected chi connectivity index (χ1v) is 8.49. The van der Waals surface area contributed by atoms with Gasteiger partial charge in [0.05, 0.1) is 0 Å². The van der Waals surface area contributed by atoms with Crippen LogP contribution in [0.3, 0.4) is 0 Å². The molecule has 0 aliphatic rings. The van der Waals surface area contributed by atoms with E-state index in [2.05, 4.69) is 65.6 Å². The molecule has 128 valence electrons. The van der Waals surface area contributed by atoms with Crippen LogP contribution in [0.4, 0.5) is 17.5 Å². The molecule has 0 unspecified atom stereocenters. The summed E-state index contributed by atoms with van der Waals surface area (Å²) < 4.78 is 0. The van der Waals surface area contributed by atoms with Crippen LogP contribution in [0, 0.1) is 27.7 Å². The van der Waals surface area contributed by atoms with Crippen LogP contribution in [0.25, 0.3) is 0 Å². The lowest BCUT2D eigenvalue weighted by atomic mass is 10.1. The van der Waals surface area contributed by atoms with Gasteiger partial charge in [0, 0.05) is 24.0 Å². The lowest BCUT2D eigenvalue weighted by Crippen LogP contribution is -2.07. The van der Waals surface area contributed by atoms with Gasteiger partial charge in [0.25, 0.3) is 0 Å². The van der Waals surface area contributed by atoms with Gasteiger partial charge in [-0.05, 0) is 44.4 Å². The van der Waals surface area contributed by atoms with E-state index in [0.29, 0.717) is 12.5 Å². The van der Waals surface area contributed by atoms with Gasteiger partial charge in [-0.2, -0.15) is 4.98 Å². The Kier molecular flexibility index (Phi) is 4.98. The second-order valence-electron chi connectivity index (χ2n) is 6.46. The van der Waals surface area contributed by atoms with Crippen molar-refractivity contribution < 1.29 is 0 Å². The van der Waals surface area contributed by atoms with Gasteiger partial charge in [-0.1, -0.05) is 48.0 Å². The molecule has 2 N–H and O–H groups in total. The third-order valence-corrected chi connectivity index (χ3v) is 4.08. The van der Waals surface area contributed by atoms with Crippen LogP contribution in [-0.2, 0) is 6.54 Å². The Hall–Kier alpha value is -2.88. The first-order chi connectivity index (χ1) is 12.0. The normalized spacial score (nSPS) is 10.6.